The second-order valence-electron chi connectivity index (χ2n) is 1.93. The van der Waals surface area contributed by atoms with Gasteiger partial charge in [0.05, 0.1) is 0 Å². The van der Waals surface area contributed by atoms with Gasteiger partial charge in [-0.2, -0.15) is 0 Å². The van der Waals surface area contributed by atoms with Crippen molar-refractivity contribution in [2.45, 2.75) is 0 Å². The van der Waals surface area contributed by atoms with E-state index in [1.54, 1.807) is 0 Å². The van der Waals surface area contributed by atoms with Crippen molar-refractivity contribution in [3.05, 3.63) is 21.5 Å². The fourth-order valence-corrected chi connectivity index (χ4v) is 1.07. The summed E-state index contributed by atoms with van der Waals surface area (Å²) in [6, 6.07) is 1.50. The van der Waals surface area contributed by atoms with E-state index in [0.29, 0.717) is 0 Å². The lowest BCUT2D eigenvalue weighted by molar-refractivity contribution is 0.470. The van der Waals surface area contributed by atoms with Crippen LogP contribution in [-0.2, 0) is 0 Å². The summed E-state index contributed by atoms with van der Waals surface area (Å²) in [5, 5.41) is 16.2. The summed E-state index contributed by atoms with van der Waals surface area (Å²) in [5.74, 6) is -0.275. The number of hydrogen-bond acceptors (Lipinski definition) is 3. The molecule has 0 aliphatic carbocycles. The number of nitrogen functional groups attached to an aromatic ring is 1. The van der Waals surface area contributed by atoms with Crippen LogP contribution in [0.5, 0.6) is 5.75 Å². The molecule has 0 aliphatic heterocycles. The quantitative estimate of drug-likeness (QED) is 0.412. The first-order chi connectivity index (χ1) is 5.11. The van der Waals surface area contributed by atoms with Crippen LogP contribution in [0.15, 0.2) is 12.3 Å². The molecule has 1 rings (SSSR count). The van der Waals surface area contributed by atoms with Gasteiger partial charge in [-0.05, 0) is 28.7 Å². The van der Waals surface area contributed by atoms with Gasteiger partial charge < -0.3 is 10.8 Å². The zero-order valence-corrected chi connectivity index (χ0v) is 8.89. The standard InChI is InChI=1S/C6H6IN3O.ClH/c7-3-1-4(11)5(6(8)9)10-2-3;/h1-2,11H,(H3,8,9);1H. The van der Waals surface area contributed by atoms with Crippen molar-refractivity contribution in [1.82, 2.24) is 4.98 Å². The molecule has 0 atom stereocenters. The number of aromatic hydroxyl groups is 1. The highest BCUT2D eigenvalue weighted by atomic mass is 127. The van der Waals surface area contributed by atoms with Crippen molar-refractivity contribution in [2.75, 3.05) is 0 Å². The number of rotatable bonds is 1. The maximum absolute atomic E-state index is 9.17. The van der Waals surface area contributed by atoms with E-state index in [-0.39, 0.29) is 29.7 Å². The molecule has 4 nitrogen and oxygen atoms in total. The molecule has 0 unspecified atom stereocenters. The third-order valence-corrected chi connectivity index (χ3v) is 1.68. The van der Waals surface area contributed by atoms with Gasteiger partial charge in [-0.1, -0.05) is 0 Å². The van der Waals surface area contributed by atoms with Crippen LogP contribution < -0.4 is 5.73 Å². The Kier molecular flexibility index (Phi) is 4.25. The Bertz CT molecular complexity index is 305. The predicted molar refractivity (Wildman–Crippen MR) is 56.9 cm³/mol. The number of nitrogens with zero attached hydrogens (tertiary/aromatic N) is 1. The molecule has 1 aromatic rings. The van der Waals surface area contributed by atoms with Gasteiger partial charge in [0, 0.05) is 9.77 Å². The van der Waals surface area contributed by atoms with Gasteiger partial charge in [-0.15, -0.1) is 12.4 Å². The largest absolute Gasteiger partial charge is 0.506 e. The molecule has 0 amide bonds. The Morgan fingerprint density at radius 3 is 2.67 bits per heavy atom. The van der Waals surface area contributed by atoms with E-state index in [1.807, 2.05) is 22.6 Å². The normalized spacial score (nSPS) is 8.75. The molecule has 0 bridgehead atoms. The summed E-state index contributed by atoms with van der Waals surface area (Å²) in [4.78, 5) is 3.77. The number of halogens is 2. The highest BCUT2D eigenvalue weighted by Gasteiger charge is 2.04. The second-order valence-corrected chi connectivity index (χ2v) is 3.18. The fraction of sp³-hybridized carbons (Fsp3) is 0. The first-order valence-electron chi connectivity index (χ1n) is 2.80. The highest BCUT2D eigenvalue weighted by molar-refractivity contribution is 14.1. The van der Waals surface area contributed by atoms with E-state index in [0.717, 1.165) is 3.57 Å². The van der Waals surface area contributed by atoms with Crippen LogP contribution in [0.1, 0.15) is 5.69 Å². The lowest BCUT2D eigenvalue weighted by Crippen LogP contribution is -2.13. The number of nitrogens with one attached hydrogen (secondary N) is 1. The number of amidine groups is 1. The van der Waals surface area contributed by atoms with Gasteiger partial charge in [0.2, 0.25) is 0 Å². The average Bonchev–Trinajstić information content (AvgIpc) is 1.85. The summed E-state index contributed by atoms with van der Waals surface area (Å²) in [6.07, 6.45) is 1.54. The average molecular weight is 299 g/mol. The minimum absolute atomic E-state index is 0. The Hall–Kier alpha value is -0.560. The molecule has 6 heteroatoms. The van der Waals surface area contributed by atoms with E-state index in [1.165, 1.54) is 12.3 Å². The predicted octanol–water partition coefficient (Wildman–Crippen LogP) is 1.10. The van der Waals surface area contributed by atoms with E-state index in [4.69, 9.17) is 11.1 Å². The van der Waals surface area contributed by atoms with Crippen LogP contribution in [0.25, 0.3) is 0 Å². The van der Waals surface area contributed by atoms with Crippen molar-refractivity contribution < 1.29 is 5.11 Å². The third kappa shape index (κ3) is 2.49. The first-order valence-corrected chi connectivity index (χ1v) is 3.88. The lowest BCUT2D eigenvalue weighted by Gasteiger charge is -1.99. The lowest BCUT2D eigenvalue weighted by atomic mass is 10.3. The Labute approximate surface area is 89.3 Å². The zero-order chi connectivity index (χ0) is 8.43. The minimum atomic E-state index is -0.223. The van der Waals surface area contributed by atoms with Gasteiger partial charge >= 0.3 is 0 Å². The molecule has 0 aliphatic rings. The number of hydrogen-bond donors (Lipinski definition) is 3. The number of nitrogens with two attached hydrogens (primary N) is 1. The van der Waals surface area contributed by atoms with Gasteiger partial charge in [0.25, 0.3) is 0 Å². The molecule has 0 spiro atoms. The van der Waals surface area contributed by atoms with Crippen molar-refractivity contribution in [1.29, 1.82) is 5.41 Å². The van der Waals surface area contributed by atoms with Crippen molar-refractivity contribution >= 4 is 40.8 Å². The molecule has 0 aromatic carbocycles. The first kappa shape index (κ1) is 11.4. The van der Waals surface area contributed by atoms with Crippen LogP contribution in [0.2, 0.25) is 0 Å². The SMILES string of the molecule is Cl.N=C(N)c1ncc(I)cc1O. The van der Waals surface area contributed by atoms with E-state index in [9.17, 15) is 5.11 Å². The molecule has 4 N–H and O–H groups in total. The molecule has 0 saturated heterocycles. The maximum atomic E-state index is 9.17. The van der Waals surface area contributed by atoms with Crippen molar-refractivity contribution in [3.63, 3.8) is 0 Å². The van der Waals surface area contributed by atoms with Crippen LogP contribution in [0.4, 0.5) is 0 Å². The Morgan fingerprint density at radius 1 is 1.67 bits per heavy atom. The highest BCUT2D eigenvalue weighted by Crippen LogP contribution is 2.16. The molecular weight excluding hydrogens is 292 g/mol. The molecule has 66 valence electrons. The summed E-state index contributed by atoms with van der Waals surface area (Å²) in [6.45, 7) is 0. The van der Waals surface area contributed by atoms with Crippen LogP contribution in [0, 0.1) is 8.98 Å². The van der Waals surface area contributed by atoms with Crippen LogP contribution in [-0.4, -0.2) is 15.9 Å². The van der Waals surface area contributed by atoms with Crippen LogP contribution >= 0.6 is 35.0 Å². The fourth-order valence-electron chi connectivity index (χ4n) is 0.636. The maximum Gasteiger partial charge on any atom is 0.146 e. The van der Waals surface area contributed by atoms with E-state index < -0.39 is 0 Å². The van der Waals surface area contributed by atoms with Crippen LogP contribution in [0.3, 0.4) is 0 Å². The molecule has 0 saturated carbocycles. The van der Waals surface area contributed by atoms with Crippen molar-refractivity contribution in [3.8, 4) is 5.75 Å². The summed E-state index contributed by atoms with van der Waals surface area (Å²) in [7, 11) is 0. The summed E-state index contributed by atoms with van der Waals surface area (Å²) >= 11 is 2.01. The molecular formula is C6H7ClIN3O. The topological polar surface area (TPSA) is 83.0 Å². The summed E-state index contributed by atoms with van der Waals surface area (Å²) < 4.78 is 0.810. The van der Waals surface area contributed by atoms with Gasteiger partial charge in [0.15, 0.2) is 0 Å². The number of pyridine rings is 1. The molecule has 12 heavy (non-hydrogen) atoms. The third-order valence-electron chi connectivity index (χ3n) is 1.09. The van der Waals surface area contributed by atoms with Gasteiger partial charge in [-0.25, -0.2) is 4.98 Å². The Morgan fingerprint density at radius 2 is 2.25 bits per heavy atom. The second kappa shape index (κ2) is 4.46. The molecule has 1 heterocycles. The van der Waals surface area contributed by atoms with Gasteiger partial charge in [0.1, 0.15) is 17.3 Å². The van der Waals surface area contributed by atoms with Gasteiger partial charge in [-0.3, -0.25) is 5.41 Å². The van der Waals surface area contributed by atoms with E-state index in [2.05, 4.69) is 4.98 Å². The monoisotopic (exact) mass is 299 g/mol. The molecule has 0 radical (unpaired) electrons. The number of aromatic nitrogens is 1. The van der Waals surface area contributed by atoms with E-state index >= 15 is 0 Å². The smallest absolute Gasteiger partial charge is 0.146 e. The molecule has 1 aromatic heterocycles. The Balaban J connectivity index is 0.00000121. The zero-order valence-electron chi connectivity index (χ0n) is 5.91. The summed E-state index contributed by atoms with van der Waals surface area (Å²) in [5.41, 5.74) is 5.25. The molecule has 0 fully saturated rings. The van der Waals surface area contributed by atoms with Crippen molar-refractivity contribution in [2.24, 2.45) is 5.73 Å². The minimum Gasteiger partial charge on any atom is -0.506 e.